The van der Waals surface area contributed by atoms with Gasteiger partial charge in [-0.1, -0.05) is 6.07 Å². The Morgan fingerprint density at radius 2 is 1.84 bits per heavy atom. The highest BCUT2D eigenvalue weighted by molar-refractivity contribution is 7.89. The zero-order chi connectivity index (χ0) is 22.2. The summed E-state index contributed by atoms with van der Waals surface area (Å²) in [5, 5.41) is 3.44. The van der Waals surface area contributed by atoms with Crippen LogP contribution in [0.2, 0.25) is 0 Å². The summed E-state index contributed by atoms with van der Waals surface area (Å²) in [7, 11) is -0.104. The van der Waals surface area contributed by atoms with Gasteiger partial charge in [-0.3, -0.25) is 4.79 Å². The van der Waals surface area contributed by atoms with Crippen LogP contribution in [0.3, 0.4) is 0 Å². The molecule has 0 bridgehead atoms. The SMILES string of the molecule is COc1ccc2oc(C)c(C(=O)Nc3cccc(S(=O)(=O)N4CCN(C)CC4)c3)c2c1. The number of benzene rings is 2. The van der Waals surface area contributed by atoms with Crippen LogP contribution in [-0.2, 0) is 10.0 Å². The predicted molar refractivity (Wildman–Crippen MR) is 118 cm³/mol. The lowest BCUT2D eigenvalue weighted by molar-refractivity contribution is 0.102. The fourth-order valence-electron chi connectivity index (χ4n) is 3.71. The summed E-state index contributed by atoms with van der Waals surface area (Å²) in [4.78, 5) is 15.3. The van der Waals surface area contributed by atoms with Crippen molar-refractivity contribution in [3.8, 4) is 5.75 Å². The van der Waals surface area contributed by atoms with E-state index in [4.69, 9.17) is 9.15 Å². The van der Waals surface area contributed by atoms with Crippen molar-refractivity contribution in [3.05, 3.63) is 53.8 Å². The second-order valence-electron chi connectivity index (χ2n) is 7.58. The van der Waals surface area contributed by atoms with Gasteiger partial charge in [0.05, 0.1) is 17.6 Å². The third-order valence-electron chi connectivity index (χ3n) is 5.49. The quantitative estimate of drug-likeness (QED) is 0.652. The van der Waals surface area contributed by atoms with Crippen molar-refractivity contribution < 1.29 is 22.4 Å². The van der Waals surface area contributed by atoms with E-state index in [2.05, 4.69) is 10.2 Å². The Kier molecular flexibility index (Phi) is 5.74. The smallest absolute Gasteiger partial charge is 0.259 e. The third kappa shape index (κ3) is 4.16. The van der Waals surface area contributed by atoms with Gasteiger partial charge in [0, 0.05) is 37.3 Å². The first-order valence-electron chi connectivity index (χ1n) is 9.97. The van der Waals surface area contributed by atoms with Crippen LogP contribution < -0.4 is 10.1 Å². The maximum Gasteiger partial charge on any atom is 0.259 e. The van der Waals surface area contributed by atoms with E-state index in [0.717, 1.165) is 0 Å². The summed E-state index contributed by atoms with van der Waals surface area (Å²) in [5.41, 5.74) is 1.37. The number of anilines is 1. The molecule has 1 saturated heterocycles. The van der Waals surface area contributed by atoms with Gasteiger partial charge in [-0.05, 0) is 50.4 Å². The summed E-state index contributed by atoms with van der Waals surface area (Å²) < 4.78 is 38.5. The van der Waals surface area contributed by atoms with Gasteiger partial charge < -0.3 is 19.4 Å². The number of fused-ring (bicyclic) bond motifs is 1. The molecule has 0 spiro atoms. The molecule has 0 atom stereocenters. The Morgan fingerprint density at radius 1 is 1.10 bits per heavy atom. The van der Waals surface area contributed by atoms with E-state index in [9.17, 15) is 13.2 Å². The normalized spacial score (nSPS) is 15.8. The number of ether oxygens (including phenoxy) is 1. The predicted octanol–water partition coefficient (Wildman–Crippen LogP) is 2.94. The van der Waals surface area contributed by atoms with E-state index >= 15 is 0 Å². The summed E-state index contributed by atoms with van der Waals surface area (Å²) in [6, 6.07) is 11.6. The van der Waals surface area contributed by atoms with Gasteiger partial charge in [0.2, 0.25) is 10.0 Å². The molecule has 1 amide bonds. The van der Waals surface area contributed by atoms with Crippen molar-refractivity contribution in [3.63, 3.8) is 0 Å². The molecule has 1 N–H and O–H groups in total. The molecule has 2 heterocycles. The van der Waals surface area contributed by atoms with Crippen LogP contribution in [0.15, 0.2) is 51.8 Å². The Hall–Kier alpha value is -2.88. The first-order valence-corrected chi connectivity index (χ1v) is 11.4. The number of nitrogens with zero attached hydrogens (tertiary/aromatic N) is 2. The van der Waals surface area contributed by atoms with Gasteiger partial charge in [-0.25, -0.2) is 8.42 Å². The average molecular weight is 444 g/mol. The number of hydrogen-bond acceptors (Lipinski definition) is 6. The second kappa shape index (κ2) is 8.33. The number of hydrogen-bond donors (Lipinski definition) is 1. The molecule has 0 unspecified atom stereocenters. The van der Waals surface area contributed by atoms with Crippen molar-refractivity contribution in [1.82, 2.24) is 9.21 Å². The fourth-order valence-corrected chi connectivity index (χ4v) is 5.18. The largest absolute Gasteiger partial charge is 0.497 e. The molecular weight excluding hydrogens is 418 g/mol. The highest BCUT2D eigenvalue weighted by Crippen LogP contribution is 2.30. The number of carbonyl (C=O) groups excluding carboxylic acids is 1. The number of nitrogens with one attached hydrogen (secondary N) is 1. The number of methoxy groups -OCH3 is 1. The number of piperazine rings is 1. The third-order valence-corrected chi connectivity index (χ3v) is 7.38. The van der Waals surface area contributed by atoms with Crippen LogP contribution in [0.5, 0.6) is 5.75 Å². The van der Waals surface area contributed by atoms with E-state index in [1.807, 2.05) is 7.05 Å². The molecule has 0 aliphatic carbocycles. The van der Waals surface area contributed by atoms with Gasteiger partial charge in [0.25, 0.3) is 5.91 Å². The number of furan rings is 1. The number of rotatable bonds is 5. The summed E-state index contributed by atoms with van der Waals surface area (Å²) in [6.07, 6.45) is 0. The molecule has 4 rings (SSSR count). The highest BCUT2D eigenvalue weighted by atomic mass is 32.2. The van der Waals surface area contributed by atoms with Crippen molar-refractivity contribution >= 4 is 32.6 Å². The molecule has 1 aliphatic rings. The molecule has 9 heteroatoms. The molecule has 0 saturated carbocycles. The Labute approximate surface area is 181 Å². The van der Waals surface area contributed by atoms with E-state index in [1.54, 1.807) is 50.4 Å². The van der Waals surface area contributed by atoms with Crippen LogP contribution in [0.25, 0.3) is 11.0 Å². The molecule has 3 aromatic rings. The monoisotopic (exact) mass is 443 g/mol. The van der Waals surface area contributed by atoms with Crippen LogP contribution in [0, 0.1) is 6.92 Å². The second-order valence-corrected chi connectivity index (χ2v) is 9.52. The Bertz CT molecular complexity index is 1230. The van der Waals surface area contributed by atoms with E-state index in [-0.39, 0.29) is 10.8 Å². The number of aryl methyl sites for hydroxylation is 1. The summed E-state index contributed by atoms with van der Waals surface area (Å²) in [6.45, 7) is 3.97. The summed E-state index contributed by atoms with van der Waals surface area (Å²) >= 11 is 0. The molecule has 31 heavy (non-hydrogen) atoms. The van der Waals surface area contributed by atoms with Gasteiger partial charge >= 0.3 is 0 Å². The number of amides is 1. The van der Waals surface area contributed by atoms with Crippen molar-refractivity contribution in [2.75, 3.05) is 45.7 Å². The molecule has 164 valence electrons. The zero-order valence-corrected chi connectivity index (χ0v) is 18.5. The average Bonchev–Trinajstić information content (AvgIpc) is 3.09. The van der Waals surface area contributed by atoms with Crippen LogP contribution in [0.1, 0.15) is 16.1 Å². The molecule has 2 aromatic carbocycles. The highest BCUT2D eigenvalue weighted by Gasteiger charge is 2.28. The first-order chi connectivity index (χ1) is 14.8. The van der Waals surface area contributed by atoms with Crippen molar-refractivity contribution in [1.29, 1.82) is 0 Å². The zero-order valence-electron chi connectivity index (χ0n) is 17.7. The number of likely N-dealkylation sites (N-methyl/N-ethyl adjacent to an activating group) is 1. The molecule has 8 nitrogen and oxygen atoms in total. The standard InChI is InChI=1S/C22H25N3O5S/c1-15-21(19-14-17(29-3)7-8-20(19)30-15)22(26)23-16-5-4-6-18(13-16)31(27,28)25-11-9-24(2)10-12-25/h4-8,13-14H,9-12H2,1-3H3,(H,23,26). The van der Waals surface area contributed by atoms with E-state index in [1.165, 1.54) is 10.4 Å². The minimum atomic E-state index is -3.63. The van der Waals surface area contributed by atoms with Gasteiger partial charge in [0.1, 0.15) is 17.1 Å². The lowest BCUT2D eigenvalue weighted by atomic mass is 10.1. The molecule has 1 aromatic heterocycles. The Morgan fingerprint density at radius 3 is 2.55 bits per heavy atom. The molecule has 0 radical (unpaired) electrons. The van der Waals surface area contributed by atoms with E-state index in [0.29, 0.717) is 59.9 Å². The maximum atomic E-state index is 13.0. The minimum absolute atomic E-state index is 0.158. The number of carbonyl (C=O) groups is 1. The van der Waals surface area contributed by atoms with Gasteiger partial charge in [-0.2, -0.15) is 4.31 Å². The van der Waals surface area contributed by atoms with Crippen molar-refractivity contribution in [2.24, 2.45) is 0 Å². The van der Waals surface area contributed by atoms with Crippen molar-refractivity contribution in [2.45, 2.75) is 11.8 Å². The van der Waals surface area contributed by atoms with Gasteiger partial charge in [0.15, 0.2) is 0 Å². The molecule has 1 aliphatic heterocycles. The Balaban J connectivity index is 1.60. The maximum absolute atomic E-state index is 13.0. The van der Waals surface area contributed by atoms with Gasteiger partial charge in [-0.15, -0.1) is 0 Å². The summed E-state index contributed by atoms with van der Waals surface area (Å²) in [5.74, 6) is 0.711. The minimum Gasteiger partial charge on any atom is -0.497 e. The van der Waals surface area contributed by atoms with E-state index < -0.39 is 10.0 Å². The number of sulfonamides is 1. The lowest BCUT2D eigenvalue weighted by Crippen LogP contribution is -2.47. The molecule has 1 fully saturated rings. The fraction of sp³-hybridized carbons (Fsp3) is 0.318. The molecular formula is C22H25N3O5S. The van der Waals surface area contributed by atoms with Crippen LogP contribution in [-0.4, -0.2) is 63.9 Å². The lowest BCUT2D eigenvalue weighted by Gasteiger charge is -2.31. The van der Waals surface area contributed by atoms with Crippen LogP contribution in [0.4, 0.5) is 5.69 Å². The topological polar surface area (TPSA) is 92.1 Å². The van der Waals surface area contributed by atoms with Crippen LogP contribution >= 0.6 is 0 Å². The first kappa shape index (κ1) is 21.4.